The van der Waals surface area contributed by atoms with Gasteiger partial charge in [-0.3, -0.25) is 0 Å². The quantitative estimate of drug-likeness (QED) is 0.736. The highest BCUT2D eigenvalue weighted by Gasteiger charge is 2.19. The highest BCUT2D eigenvalue weighted by Crippen LogP contribution is 2.18. The fraction of sp³-hybridized carbons (Fsp3) is 0.222. The number of nitrogens with one attached hydrogen (secondary N) is 2. The van der Waals surface area contributed by atoms with Gasteiger partial charge in [-0.05, 0) is 0 Å². The molecule has 1 aromatic rings. The number of nitrogens with zero attached hydrogens (tertiary/aromatic N) is 2. The standard InChI is InChI=1S/C9H12N4O/c1-14-9(13-7-10-11-12-13)8-5-3-2-4-6-8/h2-7,9,11-12H,1H3. The molecule has 74 valence electrons. The van der Waals surface area contributed by atoms with E-state index in [4.69, 9.17) is 4.74 Å². The summed E-state index contributed by atoms with van der Waals surface area (Å²) in [7, 11) is 1.66. The molecule has 2 N–H and O–H groups in total. The normalized spacial score (nSPS) is 16.8. The lowest BCUT2D eigenvalue weighted by atomic mass is 10.2. The van der Waals surface area contributed by atoms with Crippen molar-refractivity contribution in [2.75, 3.05) is 7.11 Å². The summed E-state index contributed by atoms with van der Waals surface area (Å²) in [5.41, 5.74) is 6.53. The first-order chi connectivity index (χ1) is 6.92. The van der Waals surface area contributed by atoms with Crippen LogP contribution in [0.2, 0.25) is 0 Å². The van der Waals surface area contributed by atoms with Crippen molar-refractivity contribution in [2.45, 2.75) is 6.23 Å². The van der Waals surface area contributed by atoms with E-state index in [9.17, 15) is 0 Å². The van der Waals surface area contributed by atoms with E-state index >= 15 is 0 Å². The van der Waals surface area contributed by atoms with Crippen LogP contribution in [0.25, 0.3) is 0 Å². The fourth-order valence-corrected chi connectivity index (χ4v) is 1.35. The molecule has 0 aromatic heterocycles. The third-order valence-electron chi connectivity index (χ3n) is 1.99. The van der Waals surface area contributed by atoms with Crippen LogP contribution in [0.1, 0.15) is 11.8 Å². The van der Waals surface area contributed by atoms with Gasteiger partial charge in [-0.2, -0.15) is 5.10 Å². The second-order valence-corrected chi connectivity index (χ2v) is 2.87. The zero-order chi connectivity index (χ0) is 9.80. The van der Waals surface area contributed by atoms with E-state index in [1.54, 1.807) is 18.5 Å². The molecule has 1 aliphatic heterocycles. The van der Waals surface area contributed by atoms with Crippen molar-refractivity contribution < 1.29 is 4.74 Å². The lowest BCUT2D eigenvalue weighted by molar-refractivity contribution is -0.0175. The number of methoxy groups -OCH3 is 1. The molecule has 0 saturated heterocycles. The van der Waals surface area contributed by atoms with Crippen molar-refractivity contribution in [3.63, 3.8) is 0 Å². The van der Waals surface area contributed by atoms with Gasteiger partial charge in [0.15, 0.2) is 6.23 Å². The minimum Gasteiger partial charge on any atom is -0.356 e. The predicted molar refractivity (Wildman–Crippen MR) is 52.8 cm³/mol. The molecule has 5 nitrogen and oxygen atoms in total. The Morgan fingerprint density at radius 2 is 2.14 bits per heavy atom. The fourth-order valence-electron chi connectivity index (χ4n) is 1.35. The SMILES string of the molecule is COC(c1ccccc1)N1C=NNN1. The van der Waals surface area contributed by atoms with E-state index < -0.39 is 0 Å². The molecule has 0 amide bonds. The first-order valence-electron chi connectivity index (χ1n) is 4.32. The monoisotopic (exact) mass is 192 g/mol. The Morgan fingerprint density at radius 3 is 2.71 bits per heavy atom. The molecule has 0 aliphatic carbocycles. The van der Waals surface area contributed by atoms with Crippen LogP contribution in [-0.4, -0.2) is 18.5 Å². The summed E-state index contributed by atoms with van der Waals surface area (Å²) >= 11 is 0. The second kappa shape index (κ2) is 4.08. The van der Waals surface area contributed by atoms with Crippen molar-refractivity contribution in [1.29, 1.82) is 0 Å². The van der Waals surface area contributed by atoms with Crippen molar-refractivity contribution in [3.8, 4) is 0 Å². The van der Waals surface area contributed by atoms with Crippen molar-refractivity contribution in [2.24, 2.45) is 5.10 Å². The lowest BCUT2D eigenvalue weighted by Crippen LogP contribution is -2.40. The zero-order valence-electron chi connectivity index (χ0n) is 7.84. The van der Waals surface area contributed by atoms with Gasteiger partial charge in [0.05, 0.1) is 0 Å². The first kappa shape index (κ1) is 8.98. The Morgan fingerprint density at radius 1 is 1.36 bits per heavy atom. The maximum atomic E-state index is 5.35. The van der Waals surface area contributed by atoms with Gasteiger partial charge in [0.25, 0.3) is 0 Å². The molecular formula is C9H12N4O. The van der Waals surface area contributed by atoms with Crippen LogP contribution in [0, 0.1) is 0 Å². The zero-order valence-corrected chi connectivity index (χ0v) is 7.84. The Kier molecular flexibility index (Phi) is 2.62. The summed E-state index contributed by atoms with van der Waals surface area (Å²) in [5, 5.41) is 5.56. The van der Waals surface area contributed by atoms with Crippen LogP contribution in [0.3, 0.4) is 0 Å². The predicted octanol–water partition coefficient (Wildman–Crippen LogP) is 0.600. The molecule has 1 atom stereocenters. The molecular weight excluding hydrogens is 180 g/mol. The molecule has 1 aliphatic rings. The van der Waals surface area contributed by atoms with E-state index in [0.717, 1.165) is 5.56 Å². The topological polar surface area (TPSA) is 48.9 Å². The molecule has 0 fully saturated rings. The number of hydrogen-bond acceptors (Lipinski definition) is 5. The number of hydrogen-bond donors (Lipinski definition) is 2. The number of benzene rings is 1. The molecule has 0 radical (unpaired) electrons. The largest absolute Gasteiger partial charge is 0.356 e. The molecule has 1 unspecified atom stereocenters. The number of ether oxygens (including phenoxy) is 1. The summed E-state index contributed by atoms with van der Waals surface area (Å²) < 4.78 is 5.35. The van der Waals surface area contributed by atoms with Crippen LogP contribution in [0.5, 0.6) is 0 Å². The molecule has 0 saturated carbocycles. The molecule has 1 heterocycles. The van der Waals surface area contributed by atoms with Crippen molar-refractivity contribution in [1.82, 2.24) is 16.1 Å². The molecule has 0 bridgehead atoms. The summed E-state index contributed by atoms with van der Waals surface area (Å²) in [6, 6.07) is 9.92. The molecule has 14 heavy (non-hydrogen) atoms. The van der Waals surface area contributed by atoms with Gasteiger partial charge >= 0.3 is 0 Å². The molecule has 5 heteroatoms. The number of hydrazone groups is 1. The Hall–Kier alpha value is -1.59. The minimum absolute atomic E-state index is 0.171. The van der Waals surface area contributed by atoms with Crippen LogP contribution in [-0.2, 0) is 4.74 Å². The summed E-state index contributed by atoms with van der Waals surface area (Å²) in [4.78, 5) is 0. The molecule has 2 rings (SSSR count). The van der Waals surface area contributed by atoms with Gasteiger partial charge in [0, 0.05) is 12.7 Å². The van der Waals surface area contributed by atoms with E-state index in [0.29, 0.717) is 0 Å². The van der Waals surface area contributed by atoms with Gasteiger partial charge in [0.1, 0.15) is 6.34 Å². The van der Waals surface area contributed by atoms with E-state index in [-0.39, 0.29) is 6.23 Å². The summed E-state index contributed by atoms with van der Waals surface area (Å²) in [5.74, 6) is 0. The number of rotatable bonds is 3. The first-order valence-corrected chi connectivity index (χ1v) is 4.32. The molecule has 1 aromatic carbocycles. The molecule has 0 spiro atoms. The number of hydrazine groups is 2. The third-order valence-corrected chi connectivity index (χ3v) is 1.99. The van der Waals surface area contributed by atoms with E-state index in [1.165, 1.54) is 0 Å². The van der Waals surface area contributed by atoms with Crippen molar-refractivity contribution >= 4 is 6.34 Å². The van der Waals surface area contributed by atoms with E-state index in [2.05, 4.69) is 16.2 Å². The van der Waals surface area contributed by atoms with Crippen LogP contribution >= 0.6 is 0 Å². The highest BCUT2D eigenvalue weighted by atomic mass is 16.5. The van der Waals surface area contributed by atoms with Crippen LogP contribution in [0.15, 0.2) is 35.4 Å². The second-order valence-electron chi connectivity index (χ2n) is 2.87. The smallest absolute Gasteiger partial charge is 0.172 e. The van der Waals surface area contributed by atoms with E-state index in [1.807, 2.05) is 30.3 Å². The van der Waals surface area contributed by atoms with Gasteiger partial charge < -0.3 is 4.74 Å². The Bertz CT molecular complexity index is 314. The van der Waals surface area contributed by atoms with Crippen LogP contribution < -0.4 is 11.1 Å². The highest BCUT2D eigenvalue weighted by molar-refractivity contribution is 5.55. The summed E-state index contributed by atoms with van der Waals surface area (Å²) in [6.07, 6.45) is 1.47. The van der Waals surface area contributed by atoms with Gasteiger partial charge in [-0.15, -0.1) is 5.53 Å². The van der Waals surface area contributed by atoms with Crippen molar-refractivity contribution in [3.05, 3.63) is 35.9 Å². The maximum Gasteiger partial charge on any atom is 0.172 e. The third kappa shape index (κ3) is 1.68. The van der Waals surface area contributed by atoms with Gasteiger partial charge in [-0.25, -0.2) is 10.5 Å². The van der Waals surface area contributed by atoms with Gasteiger partial charge in [0.2, 0.25) is 0 Å². The lowest BCUT2D eigenvalue weighted by Gasteiger charge is -2.24. The maximum absolute atomic E-state index is 5.35. The summed E-state index contributed by atoms with van der Waals surface area (Å²) in [6.45, 7) is 0. The Balaban J connectivity index is 2.17. The van der Waals surface area contributed by atoms with Gasteiger partial charge in [-0.1, -0.05) is 30.3 Å². The average molecular weight is 192 g/mol. The van der Waals surface area contributed by atoms with Crippen LogP contribution in [0.4, 0.5) is 0 Å². The minimum atomic E-state index is -0.171. The Labute approximate surface area is 82.3 Å². The average Bonchev–Trinajstić information content (AvgIpc) is 2.74.